The van der Waals surface area contributed by atoms with E-state index in [9.17, 15) is 25.2 Å². The van der Waals surface area contributed by atoms with Crippen molar-refractivity contribution in [3.05, 3.63) is 121 Å². The first-order chi connectivity index (χ1) is 16.3. The summed E-state index contributed by atoms with van der Waals surface area (Å²) in [6.45, 7) is 0. The number of hydrogen-bond acceptors (Lipinski definition) is 1. The van der Waals surface area contributed by atoms with Crippen molar-refractivity contribution in [2.75, 3.05) is 7.11 Å². The molecule has 186 valence electrons. The summed E-state index contributed by atoms with van der Waals surface area (Å²) in [6, 6.07) is 41.5. The van der Waals surface area contributed by atoms with Crippen molar-refractivity contribution in [1.29, 1.82) is 0 Å². The molecule has 0 heterocycles. The molecule has 0 N–H and O–H groups in total. The molecule has 0 bridgehead atoms. The van der Waals surface area contributed by atoms with Crippen LogP contribution in [0.4, 0.5) is 25.2 Å². The van der Waals surface area contributed by atoms with E-state index in [1.54, 1.807) is 7.11 Å². The minimum absolute atomic E-state index is 0.895. The molecule has 0 unspecified atom stereocenters. The Labute approximate surface area is 201 Å². The second-order valence-electron chi connectivity index (χ2n) is 7.78. The van der Waals surface area contributed by atoms with Crippen LogP contribution in [0.3, 0.4) is 0 Å². The Balaban J connectivity index is 0.000000429. The zero-order valence-electron chi connectivity index (χ0n) is 18.7. The average Bonchev–Trinajstić information content (AvgIpc) is 2.83. The third-order valence-corrected chi connectivity index (χ3v) is 9.55. The van der Waals surface area contributed by atoms with Crippen LogP contribution in [0, 0.1) is 0 Å². The van der Waals surface area contributed by atoms with Crippen molar-refractivity contribution in [2.24, 2.45) is 0 Å². The van der Waals surface area contributed by atoms with Crippen LogP contribution in [0.15, 0.2) is 115 Å². The maximum absolute atomic E-state index is 10.7. The Hall–Kier alpha value is -2.88. The summed E-state index contributed by atoms with van der Waals surface area (Å²) in [5, 5.41) is 4.22. The van der Waals surface area contributed by atoms with Crippen molar-refractivity contribution >= 4 is 31.0 Å². The first-order valence-electron chi connectivity index (χ1n) is 10.5. The molecule has 4 aromatic carbocycles. The fourth-order valence-corrected chi connectivity index (χ4v) is 8.02. The molecule has 0 fully saturated rings. The van der Waals surface area contributed by atoms with Crippen LogP contribution < -0.4 is 20.7 Å². The van der Waals surface area contributed by atoms with Crippen LogP contribution in [0.25, 0.3) is 0 Å². The zero-order chi connectivity index (χ0) is 25.6. The molecule has 0 saturated carbocycles. The Morgan fingerprint density at radius 1 is 0.543 bits per heavy atom. The zero-order valence-corrected chi connectivity index (χ0v) is 20.5. The van der Waals surface area contributed by atoms with Gasteiger partial charge in [-0.15, -0.1) is 0 Å². The molecule has 9 heteroatoms. The molecule has 0 aliphatic heterocycles. The molecular formula is C26H24F6OP2. The van der Waals surface area contributed by atoms with Crippen molar-refractivity contribution in [3.8, 4) is 5.75 Å². The number of methoxy groups -OCH3 is 1. The summed E-state index contributed by atoms with van der Waals surface area (Å²) in [6.07, 6.45) is 0.981. The molecule has 0 aliphatic rings. The molecule has 0 aromatic heterocycles. The van der Waals surface area contributed by atoms with E-state index >= 15 is 0 Å². The van der Waals surface area contributed by atoms with Crippen molar-refractivity contribution in [3.63, 3.8) is 0 Å². The van der Waals surface area contributed by atoms with Crippen LogP contribution in [0.1, 0.15) is 5.56 Å². The molecular weight excluding hydrogens is 504 g/mol. The van der Waals surface area contributed by atoms with Crippen LogP contribution >= 0.6 is 15.1 Å². The molecule has 0 atom stereocenters. The first kappa shape index (κ1) is 26.7. The Morgan fingerprint density at radius 3 is 1.14 bits per heavy atom. The van der Waals surface area contributed by atoms with Gasteiger partial charge in [-0.3, -0.25) is 0 Å². The number of halogens is 6. The molecule has 4 aromatic rings. The average molecular weight is 528 g/mol. The van der Waals surface area contributed by atoms with Crippen LogP contribution in [-0.2, 0) is 6.16 Å². The van der Waals surface area contributed by atoms with Crippen molar-refractivity contribution < 1.29 is 29.9 Å². The van der Waals surface area contributed by atoms with Gasteiger partial charge < -0.3 is 4.74 Å². The van der Waals surface area contributed by atoms with Gasteiger partial charge >= 0.3 is 33.0 Å². The van der Waals surface area contributed by atoms with Crippen molar-refractivity contribution in [2.45, 2.75) is 6.16 Å². The second-order valence-corrected chi connectivity index (χ2v) is 13.2. The number of rotatable bonds is 6. The summed E-state index contributed by atoms with van der Waals surface area (Å²) >= 11 is 0. The Bertz CT molecular complexity index is 1110. The second kappa shape index (κ2) is 9.64. The van der Waals surface area contributed by atoms with Gasteiger partial charge in [0.15, 0.2) is 0 Å². The fourth-order valence-electron chi connectivity index (χ4n) is 3.77. The number of hydrogen-bond donors (Lipinski definition) is 0. The molecule has 35 heavy (non-hydrogen) atoms. The summed E-state index contributed by atoms with van der Waals surface area (Å²) in [5.41, 5.74) is 1.32. The molecule has 0 radical (unpaired) electrons. The minimum atomic E-state index is -10.7. The maximum atomic E-state index is 9.87. The van der Waals surface area contributed by atoms with E-state index in [1.165, 1.54) is 21.5 Å². The summed E-state index contributed by atoms with van der Waals surface area (Å²) in [4.78, 5) is 0. The van der Waals surface area contributed by atoms with Crippen molar-refractivity contribution in [1.82, 2.24) is 0 Å². The number of ether oxygens (including phenoxy) is 1. The van der Waals surface area contributed by atoms with E-state index < -0.39 is 15.1 Å². The molecule has 0 spiro atoms. The van der Waals surface area contributed by atoms with E-state index in [2.05, 4.69) is 115 Å². The van der Waals surface area contributed by atoms with E-state index in [-0.39, 0.29) is 0 Å². The molecule has 0 aliphatic carbocycles. The number of benzene rings is 4. The van der Waals surface area contributed by atoms with Gasteiger partial charge in [0, 0.05) is 0 Å². The van der Waals surface area contributed by atoms with Gasteiger partial charge in [0.1, 0.15) is 28.9 Å². The van der Waals surface area contributed by atoms with E-state index in [0.29, 0.717) is 0 Å². The first-order valence-corrected chi connectivity index (χ1v) is 14.5. The third kappa shape index (κ3) is 8.38. The van der Waals surface area contributed by atoms with Gasteiger partial charge in [-0.05, 0) is 54.1 Å². The Kier molecular flexibility index (Phi) is 7.36. The molecule has 1 nitrogen and oxygen atoms in total. The summed E-state index contributed by atoms with van der Waals surface area (Å²) in [5.74, 6) is 0.895. The summed E-state index contributed by atoms with van der Waals surface area (Å²) in [7, 11) is -10.8. The standard InChI is InChI=1S/C26H24OP.F6P/c1-27-23-19-17-22(18-20-23)21-28(24-11-5-2-6-12-24,25-13-7-3-8-14-25)26-15-9-4-10-16-26;1-7(2,3,4,5)6/h2-20H,21H2,1H3;/q+1;-1. The Morgan fingerprint density at radius 2 is 0.857 bits per heavy atom. The normalized spacial score (nSPS) is 13.6. The van der Waals surface area contributed by atoms with E-state index in [4.69, 9.17) is 4.74 Å². The van der Waals surface area contributed by atoms with E-state index in [0.717, 1.165) is 11.9 Å². The predicted molar refractivity (Wildman–Crippen MR) is 135 cm³/mol. The molecule has 0 saturated heterocycles. The quantitative estimate of drug-likeness (QED) is 0.180. The fraction of sp³-hybridized carbons (Fsp3) is 0.0769. The van der Waals surface area contributed by atoms with E-state index in [1.807, 2.05) is 0 Å². The molecule has 0 amide bonds. The topological polar surface area (TPSA) is 9.23 Å². The van der Waals surface area contributed by atoms with Crippen LogP contribution in [-0.4, -0.2) is 7.11 Å². The van der Waals surface area contributed by atoms with Crippen LogP contribution in [0.5, 0.6) is 5.75 Å². The van der Waals surface area contributed by atoms with Gasteiger partial charge in [0.25, 0.3) is 0 Å². The van der Waals surface area contributed by atoms with Gasteiger partial charge in [-0.1, -0.05) is 66.7 Å². The van der Waals surface area contributed by atoms with Gasteiger partial charge in [0.05, 0.1) is 13.3 Å². The van der Waals surface area contributed by atoms with Gasteiger partial charge in [0.2, 0.25) is 0 Å². The monoisotopic (exact) mass is 528 g/mol. The SMILES string of the molecule is COc1ccc(C[P+](c2ccccc2)(c2ccccc2)c2ccccc2)cc1.F[P-](F)(F)(F)(F)F. The van der Waals surface area contributed by atoms with Gasteiger partial charge in [-0.25, -0.2) is 0 Å². The van der Waals surface area contributed by atoms with Gasteiger partial charge in [-0.2, -0.15) is 0 Å². The van der Waals surface area contributed by atoms with Crippen LogP contribution in [0.2, 0.25) is 0 Å². The third-order valence-electron chi connectivity index (χ3n) is 5.17. The molecule has 4 rings (SSSR count). The summed E-state index contributed by atoms with van der Waals surface area (Å²) < 4.78 is 64.6. The predicted octanol–water partition coefficient (Wildman–Crippen LogP) is 8.57.